The molecule has 0 aromatic heterocycles. The first kappa shape index (κ1) is 19.1. The minimum absolute atomic E-state index is 0.319. The van der Waals surface area contributed by atoms with Crippen molar-refractivity contribution >= 4 is 11.4 Å². The van der Waals surface area contributed by atoms with Crippen LogP contribution in [-0.4, -0.2) is 9.85 Å². The van der Waals surface area contributed by atoms with Crippen molar-refractivity contribution in [2.75, 3.05) is 0 Å². The Labute approximate surface area is 140 Å². The predicted octanol–water partition coefficient (Wildman–Crippen LogP) is 5.21. The number of hydrogen-bond acceptors (Lipinski definition) is 4. The van der Waals surface area contributed by atoms with E-state index in [2.05, 4.69) is 0 Å². The van der Waals surface area contributed by atoms with Gasteiger partial charge in [0.05, 0.1) is 9.85 Å². The Balaban J connectivity index is 2.69. The van der Waals surface area contributed by atoms with Crippen LogP contribution in [0.3, 0.4) is 0 Å². The van der Waals surface area contributed by atoms with Crippen LogP contribution in [0, 0.1) is 20.2 Å². The van der Waals surface area contributed by atoms with Crippen LogP contribution in [0.4, 0.5) is 37.7 Å². The lowest BCUT2D eigenvalue weighted by Crippen LogP contribution is -2.10. The fourth-order valence-electron chi connectivity index (χ4n) is 2.20. The Morgan fingerprint density at radius 3 is 1.19 bits per heavy atom. The van der Waals surface area contributed by atoms with E-state index >= 15 is 0 Å². The molecule has 6 nitrogen and oxygen atoms in total. The largest absolute Gasteiger partial charge is 0.423 e. The van der Waals surface area contributed by atoms with Crippen molar-refractivity contribution in [2.24, 2.45) is 0 Å². The highest BCUT2D eigenvalue weighted by Gasteiger charge is 2.40. The molecule has 0 aliphatic carbocycles. The molecule has 138 valence electrons. The Hall–Kier alpha value is -3.18. The van der Waals surface area contributed by atoms with Gasteiger partial charge in [0, 0.05) is 12.1 Å². The van der Waals surface area contributed by atoms with Gasteiger partial charge in [0.15, 0.2) is 0 Å². The van der Waals surface area contributed by atoms with E-state index in [9.17, 15) is 46.6 Å². The highest BCUT2D eigenvalue weighted by Crippen LogP contribution is 2.41. The molecule has 0 radical (unpaired) electrons. The highest BCUT2D eigenvalue weighted by atomic mass is 19.4. The molecule has 0 N–H and O–H groups in total. The third-order valence-corrected chi connectivity index (χ3v) is 3.33. The van der Waals surface area contributed by atoms with Crippen molar-refractivity contribution in [1.29, 1.82) is 0 Å². The predicted molar refractivity (Wildman–Crippen MR) is 75.2 cm³/mol. The molecule has 0 bridgehead atoms. The minimum Gasteiger partial charge on any atom is -0.258 e. The number of benzene rings is 2. The summed E-state index contributed by atoms with van der Waals surface area (Å²) in [5.41, 5.74) is -6.65. The van der Waals surface area contributed by atoms with Crippen LogP contribution in [0.1, 0.15) is 11.1 Å². The quantitative estimate of drug-likeness (QED) is 0.416. The topological polar surface area (TPSA) is 86.3 Å². The van der Waals surface area contributed by atoms with Crippen LogP contribution >= 0.6 is 0 Å². The van der Waals surface area contributed by atoms with E-state index in [0.717, 1.165) is 12.1 Å². The number of hydrogen-bond donors (Lipinski definition) is 0. The summed E-state index contributed by atoms with van der Waals surface area (Å²) in [6.07, 6.45) is -10.2. The lowest BCUT2D eigenvalue weighted by molar-refractivity contribution is -0.388. The lowest BCUT2D eigenvalue weighted by Gasteiger charge is -2.12. The number of nitro benzene ring substituents is 2. The smallest absolute Gasteiger partial charge is 0.258 e. The number of halogens is 6. The monoisotopic (exact) mass is 380 g/mol. The van der Waals surface area contributed by atoms with Crippen LogP contribution in [0.2, 0.25) is 0 Å². The van der Waals surface area contributed by atoms with Crippen LogP contribution in [0.5, 0.6) is 0 Å². The molecule has 2 rings (SSSR count). The molecular formula is C14H6F6N2O4. The van der Waals surface area contributed by atoms with Crippen LogP contribution in [0.25, 0.3) is 11.1 Å². The first-order chi connectivity index (χ1) is 11.8. The third-order valence-electron chi connectivity index (χ3n) is 3.33. The summed E-state index contributed by atoms with van der Waals surface area (Å²) < 4.78 is 77.8. The van der Waals surface area contributed by atoms with Gasteiger partial charge in [-0.15, -0.1) is 0 Å². The van der Waals surface area contributed by atoms with E-state index in [1.54, 1.807) is 0 Å². The van der Waals surface area contributed by atoms with Gasteiger partial charge in [-0.2, -0.15) is 26.3 Å². The summed E-state index contributed by atoms with van der Waals surface area (Å²) in [5.74, 6) is 0. The van der Waals surface area contributed by atoms with E-state index in [1.807, 2.05) is 0 Å². The normalized spacial score (nSPS) is 12.1. The van der Waals surface area contributed by atoms with E-state index < -0.39 is 55.8 Å². The molecule has 12 heteroatoms. The number of nitro groups is 2. The number of nitrogens with zero attached hydrogens (tertiary/aromatic N) is 2. The summed E-state index contributed by atoms with van der Waals surface area (Å²) in [7, 11) is 0. The van der Waals surface area contributed by atoms with Crippen molar-refractivity contribution in [3.8, 4) is 11.1 Å². The fraction of sp³-hybridized carbons (Fsp3) is 0.143. The average Bonchev–Trinajstić information content (AvgIpc) is 2.51. The summed E-state index contributed by atoms with van der Waals surface area (Å²) in [4.78, 5) is 18.9. The lowest BCUT2D eigenvalue weighted by atomic mass is 9.98. The molecule has 0 unspecified atom stereocenters. The Morgan fingerprint density at radius 1 is 0.654 bits per heavy atom. The van der Waals surface area contributed by atoms with Crippen LogP contribution < -0.4 is 0 Å². The SMILES string of the molecule is O=[N+]([O-])c1ccc(-c2ccc([N+](=O)[O-])c(C(F)(F)F)c2)cc1C(F)(F)F. The molecule has 0 heterocycles. The maximum atomic E-state index is 13.0. The van der Waals surface area contributed by atoms with Crippen molar-refractivity contribution in [2.45, 2.75) is 12.4 Å². The molecule has 2 aromatic rings. The molecule has 0 atom stereocenters. The molecule has 0 saturated carbocycles. The van der Waals surface area contributed by atoms with Gasteiger partial charge in [0.25, 0.3) is 11.4 Å². The van der Waals surface area contributed by atoms with Crippen LogP contribution in [-0.2, 0) is 12.4 Å². The van der Waals surface area contributed by atoms with Gasteiger partial charge in [0.1, 0.15) is 11.1 Å². The van der Waals surface area contributed by atoms with E-state index in [0.29, 0.717) is 24.3 Å². The summed E-state index contributed by atoms with van der Waals surface area (Å²) >= 11 is 0. The van der Waals surface area contributed by atoms with Gasteiger partial charge in [-0.25, -0.2) is 0 Å². The first-order valence-electron chi connectivity index (χ1n) is 6.54. The molecule has 0 amide bonds. The third kappa shape index (κ3) is 3.73. The summed E-state index contributed by atoms with van der Waals surface area (Å²) in [5, 5.41) is 21.4. The van der Waals surface area contributed by atoms with Crippen molar-refractivity contribution in [3.05, 3.63) is 67.8 Å². The maximum absolute atomic E-state index is 13.0. The zero-order valence-electron chi connectivity index (χ0n) is 12.3. The summed E-state index contributed by atoms with van der Waals surface area (Å²) in [6.45, 7) is 0. The van der Waals surface area contributed by atoms with Gasteiger partial charge in [-0.3, -0.25) is 20.2 Å². The molecule has 0 saturated heterocycles. The highest BCUT2D eigenvalue weighted by molar-refractivity contribution is 5.70. The van der Waals surface area contributed by atoms with Gasteiger partial charge >= 0.3 is 12.4 Å². The second-order valence-corrected chi connectivity index (χ2v) is 4.97. The van der Waals surface area contributed by atoms with Crippen molar-refractivity contribution < 1.29 is 36.2 Å². The second kappa shape index (κ2) is 6.28. The molecule has 26 heavy (non-hydrogen) atoms. The summed E-state index contributed by atoms with van der Waals surface area (Å²) in [6, 6.07) is 3.31. The standard InChI is InChI=1S/C14H6F6N2O4/c15-13(16,17)9-5-7(1-3-11(9)21(23)24)8-2-4-12(22(25)26)10(6-8)14(18,19)20/h1-6H. The number of alkyl halides is 6. The first-order valence-corrected chi connectivity index (χ1v) is 6.54. The second-order valence-electron chi connectivity index (χ2n) is 4.97. The average molecular weight is 380 g/mol. The van der Waals surface area contributed by atoms with Crippen LogP contribution in [0.15, 0.2) is 36.4 Å². The van der Waals surface area contributed by atoms with Gasteiger partial charge < -0.3 is 0 Å². The van der Waals surface area contributed by atoms with Crippen molar-refractivity contribution in [1.82, 2.24) is 0 Å². The number of rotatable bonds is 3. The Kier molecular flexibility index (Phi) is 4.62. The molecule has 0 spiro atoms. The zero-order valence-corrected chi connectivity index (χ0v) is 12.3. The van der Waals surface area contributed by atoms with Gasteiger partial charge in [0.2, 0.25) is 0 Å². The van der Waals surface area contributed by atoms with Gasteiger partial charge in [-0.1, -0.05) is 0 Å². The molecule has 2 aromatic carbocycles. The van der Waals surface area contributed by atoms with Gasteiger partial charge in [-0.05, 0) is 35.4 Å². The minimum atomic E-state index is -5.12. The zero-order chi connectivity index (χ0) is 19.9. The maximum Gasteiger partial charge on any atom is 0.423 e. The Bertz CT molecular complexity index is 818. The van der Waals surface area contributed by atoms with Crippen molar-refractivity contribution in [3.63, 3.8) is 0 Å². The van der Waals surface area contributed by atoms with E-state index in [4.69, 9.17) is 0 Å². The Morgan fingerprint density at radius 2 is 0.962 bits per heavy atom. The molecule has 0 aliphatic rings. The molecular weight excluding hydrogens is 374 g/mol. The molecule has 0 aliphatic heterocycles. The van der Waals surface area contributed by atoms with E-state index in [1.165, 1.54) is 0 Å². The van der Waals surface area contributed by atoms with E-state index in [-0.39, 0.29) is 0 Å². The fourth-order valence-corrected chi connectivity index (χ4v) is 2.20. The molecule has 0 fully saturated rings.